The van der Waals surface area contributed by atoms with E-state index in [1.165, 1.54) is 36.9 Å². The summed E-state index contributed by atoms with van der Waals surface area (Å²) in [6, 6.07) is 2.98. The van der Waals surface area contributed by atoms with E-state index < -0.39 is 23.9 Å². The summed E-state index contributed by atoms with van der Waals surface area (Å²) in [5, 5.41) is 0. The number of hydrogen-bond donors (Lipinski definition) is 0. The lowest BCUT2D eigenvalue weighted by Gasteiger charge is -2.08. The molecule has 4 bridgehead atoms. The molecule has 0 aromatic carbocycles. The number of rotatable bonds is 0. The minimum Gasteiger partial charge on any atom is -0.462 e. The van der Waals surface area contributed by atoms with Crippen molar-refractivity contribution in [1.29, 1.82) is 0 Å². The molecule has 1 aliphatic rings. The number of aromatic nitrogens is 2. The molecule has 264 valence electrons. The molecule has 0 unspecified atom stereocenters. The molecule has 0 N–H and O–H groups in total. The van der Waals surface area contributed by atoms with E-state index in [2.05, 4.69) is 9.97 Å². The Hall–Kier alpha value is -3.82. The fourth-order valence-electron chi connectivity index (χ4n) is 5.56. The fourth-order valence-corrected chi connectivity index (χ4v) is 5.56. The Bertz CT molecular complexity index is 1070. The number of nitrogens with zero attached hydrogens (tertiary/aromatic N) is 2. The van der Waals surface area contributed by atoms with E-state index in [1.807, 2.05) is 0 Å². The molecule has 0 fully saturated rings. The number of cyclic esters (lactones) is 4. The third kappa shape index (κ3) is 16.3. The molecule has 2 aromatic rings. The van der Waals surface area contributed by atoms with Gasteiger partial charge in [0.25, 0.3) is 0 Å². The Morgan fingerprint density at radius 3 is 0.708 bits per heavy atom. The van der Waals surface area contributed by atoms with Gasteiger partial charge < -0.3 is 18.9 Å². The predicted octanol–water partition coefficient (Wildman–Crippen LogP) is 8.62. The summed E-state index contributed by atoms with van der Waals surface area (Å²) in [6.45, 7) is 1.36. The molecule has 10 nitrogen and oxygen atoms in total. The highest BCUT2D eigenvalue weighted by atomic mass is 16.5. The SMILES string of the molecule is O=C1OCCCCCCCCCCCCOC(=O)c2cncc(c2)C(=O)OCCCCCCCCCCCCOC(=O)c2cncc1c2. The van der Waals surface area contributed by atoms with Crippen molar-refractivity contribution in [3.63, 3.8) is 0 Å². The average molecular weight is 667 g/mol. The summed E-state index contributed by atoms with van der Waals surface area (Å²) >= 11 is 0. The van der Waals surface area contributed by atoms with Gasteiger partial charge in [-0.05, 0) is 37.8 Å². The molecule has 3 rings (SSSR count). The molecule has 3 heterocycles. The van der Waals surface area contributed by atoms with Gasteiger partial charge in [0.05, 0.1) is 48.7 Å². The molecule has 2 aromatic heterocycles. The lowest BCUT2D eigenvalue weighted by molar-refractivity contribution is 0.0476. The second-order valence-corrected chi connectivity index (χ2v) is 12.5. The van der Waals surface area contributed by atoms with Crippen LogP contribution >= 0.6 is 0 Å². The van der Waals surface area contributed by atoms with Crippen LogP contribution in [-0.4, -0.2) is 60.3 Å². The Labute approximate surface area is 285 Å². The molecule has 48 heavy (non-hydrogen) atoms. The number of esters is 4. The van der Waals surface area contributed by atoms with Crippen molar-refractivity contribution < 1.29 is 38.1 Å². The van der Waals surface area contributed by atoms with Gasteiger partial charge in [-0.3, -0.25) is 9.97 Å². The van der Waals surface area contributed by atoms with E-state index in [4.69, 9.17) is 18.9 Å². The first kappa shape index (κ1) is 38.6. The monoisotopic (exact) mass is 666 g/mol. The minimum absolute atomic E-state index is 0.257. The van der Waals surface area contributed by atoms with Crippen molar-refractivity contribution >= 4 is 23.9 Å². The third-order valence-corrected chi connectivity index (χ3v) is 8.43. The van der Waals surface area contributed by atoms with Crippen molar-refractivity contribution in [1.82, 2.24) is 9.97 Å². The van der Waals surface area contributed by atoms with E-state index in [-0.39, 0.29) is 22.3 Å². The number of carbonyl (C=O) groups is 4. The first-order valence-corrected chi connectivity index (χ1v) is 18.1. The quantitative estimate of drug-likeness (QED) is 0.199. The Kier molecular flexibility index (Phi) is 19.6. The molecule has 0 spiro atoms. The van der Waals surface area contributed by atoms with Gasteiger partial charge in [-0.2, -0.15) is 0 Å². The molecule has 0 amide bonds. The molecular weight excluding hydrogens is 612 g/mol. The molecular formula is C38H54N2O8. The van der Waals surface area contributed by atoms with E-state index in [0.717, 1.165) is 128 Å². The normalized spacial score (nSPS) is 19.3. The summed E-state index contributed by atoms with van der Waals surface area (Å²) in [5.74, 6) is -1.90. The summed E-state index contributed by atoms with van der Waals surface area (Å²) in [6.07, 6.45) is 26.4. The highest BCUT2D eigenvalue weighted by Crippen LogP contribution is 2.14. The predicted molar refractivity (Wildman–Crippen MR) is 182 cm³/mol. The summed E-state index contributed by atoms with van der Waals surface area (Å²) in [7, 11) is 0. The molecule has 0 aliphatic carbocycles. The van der Waals surface area contributed by atoms with Crippen LogP contribution in [0.25, 0.3) is 0 Å². The van der Waals surface area contributed by atoms with Gasteiger partial charge in [0, 0.05) is 24.8 Å². The number of carbonyl (C=O) groups excluding carboxylic acids is 4. The maximum Gasteiger partial charge on any atom is 0.339 e. The maximum atomic E-state index is 12.5. The molecule has 0 saturated carbocycles. The third-order valence-electron chi connectivity index (χ3n) is 8.43. The average Bonchev–Trinajstić information content (AvgIpc) is 3.11. The molecule has 0 saturated heterocycles. The van der Waals surface area contributed by atoms with Crippen LogP contribution in [0, 0.1) is 0 Å². The van der Waals surface area contributed by atoms with Crippen LogP contribution < -0.4 is 0 Å². The number of pyridine rings is 2. The minimum atomic E-state index is -0.474. The van der Waals surface area contributed by atoms with Crippen molar-refractivity contribution in [2.45, 2.75) is 128 Å². The summed E-state index contributed by atoms with van der Waals surface area (Å²) in [5.41, 5.74) is 1.03. The highest BCUT2D eigenvalue weighted by molar-refractivity contribution is 5.95. The first-order valence-electron chi connectivity index (χ1n) is 18.1. The van der Waals surface area contributed by atoms with Crippen LogP contribution in [0.3, 0.4) is 0 Å². The van der Waals surface area contributed by atoms with Gasteiger partial charge in [0.2, 0.25) is 0 Å². The standard InChI is InChI=1S/C38H54N2O8/c41-35-31-25-33(29-39-27-31)37(43)47-23-19-15-11-7-3-4-8-12-16-20-24-48-38(44)34-26-32(28-40-30-34)36(42)46-22-18-14-10-6-2-1-5-9-13-17-21-45-35/h25-30H,1-24H2. The van der Waals surface area contributed by atoms with Crippen molar-refractivity contribution in [3.8, 4) is 0 Å². The van der Waals surface area contributed by atoms with Gasteiger partial charge >= 0.3 is 23.9 Å². The summed E-state index contributed by atoms with van der Waals surface area (Å²) < 4.78 is 21.6. The van der Waals surface area contributed by atoms with Crippen LogP contribution in [-0.2, 0) is 18.9 Å². The zero-order valence-electron chi connectivity index (χ0n) is 28.6. The van der Waals surface area contributed by atoms with Crippen molar-refractivity contribution in [2.75, 3.05) is 26.4 Å². The van der Waals surface area contributed by atoms with Gasteiger partial charge in [0.1, 0.15) is 0 Å². The van der Waals surface area contributed by atoms with E-state index in [1.54, 1.807) is 0 Å². The van der Waals surface area contributed by atoms with Crippen LogP contribution in [0.2, 0.25) is 0 Å². The Morgan fingerprint density at radius 2 is 0.500 bits per heavy atom. The molecule has 0 atom stereocenters. The molecule has 0 radical (unpaired) electrons. The van der Waals surface area contributed by atoms with Crippen molar-refractivity contribution in [2.24, 2.45) is 0 Å². The van der Waals surface area contributed by atoms with Crippen LogP contribution in [0.1, 0.15) is 170 Å². The topological polar surface area (TPSA) is 131 Å². The van der Waals surface area contributed by atoms with Gasteiger partial charge in [-0.15, -0.1) is 0 Å². The van der Waals surface area contributed by atoms with Gasteiger partial charge in [0.15, 0.2) is 0 Å². The van der Waals surface area contributed by atoms with E-state index in [0.29, 0.717) is 26.4 Å². The van der Waals surface area contributed by atoms with Gasteiger partial charge in [-0.25, -0.2) is 19.2 Å². The van der Waals surface area contributed by atoms with E-state index >= 15 is 0 Å². The number of ether oxygens (including phenoxy) is 4. The largest absolute Gasteiger partial charge is 0.462 e. The zero-order chi connectivity index (χ0) is 34.1. The lowest BCUT2D eigenvalue weighted by atomic mass is 10.1. The van der Waals surface area contributed by atoms with Crippen LogP contribution in [0.5, 0.6) is 0 Å². The Morgan fingerprint density at radius 1 is 0.312 bits per heavy atom. The Balaban J connectivity index is 1.39. The lowest BCUT2D eigenvalue weighted by Crippen LogP contribution is -2.11. The van der Waals surface area contributed by atoms with Crippen molar-refractivity contribution in [3.05, 3.63) is 59.2 Å². The second-order valence-electron chi connectivity index (χ2n) is 12.5. The smallest absolute Gasteiger partial charge is 0.339 e. The van der Waals surface area contributed by atoms with Crippen LogP contribution in [0.15, 0.2) is 36.9 Å². The van der Waals surface area contributed by atoms with E-state index in [9.17, 15) is 19.2 Å². The maximum absolute atomic E-state index is 12.5. The molecule has 10 heteroatoms. The number of hydrogen-bond acceptors (Lipinski definition) is 10. The van der Waals surface area contributed by atoms with Crippen LogP contribution in [0.4, 0.5) is 0 Å². The van der Waals surface area contributed by atoms with Gasteiger partial charge in [-0.1, -0.05) is 103 Å². The zero-order valence-corrected chi connectivity index (χ0v) is 28.6. The second kappa shape index (κ2) is 24.3. The first-order chi connectivity index (χ1) is 23.5. The number of fused-ring (bicyclic) bond motifs is 4. The molecule has 1 aliphatic heterocycles. The summed E-state index contributed by atoms with van der Waals surface area (Å²) in [4.78, 5) is 57.9. The fraction of sp³-hybridized carbons (Fsp3) is 0.632. The highest BCUT2D eigenvalue weighted by Gasteiger charge is 2.15.